The summed E-state index contributed by atoms with van der Waals surface area (Å²) in [5, 5.41) is 25.1. The first-order valence-corrected chi connectivity index (χ1v) is 10.0. The molecule has 0 radical (unpaired) electrons. The van der Waals surface area contributed by atoms with Crippen LogP contribution in [0.2, 0.25) is 0 Å². The number of nitrogens with one attached hydrogen (secondary N) is 1. The summed E-state index contributed by atoms with van der Waals surface area (Å²) in [4.78, 5) is 12.1. The van der Waals surface area contributed by atoms with E-state index < -0.39 is 6.10 Å². The molecule has 4 nitrogen and oxygen atoms in total. The molecule has 5 heteroatoms. The lowest BCUT2D eigenvalue weighted by molar-refractivity contribution is 0.0612. The number of aliphatic hydroxyl groups excluding tert-OH is 2. The van der Waals surface area contributed by atoms with Crippen LogP contribution in [0.1, 0.15) is 43.6 Å². The minimum atomic E-state index is -0.605. The second-order valence-electron chi connectivity index (χ2n) is 5.64. The van der Waals surface area contributed by atoms with Crippen LogP contribution >= 0.6 is 11.8 Å². The van der Waals surface area contributed by atoms with Crippen molar-refractivity contribution in [3.63, 3.8) is 0 Å². The molecule has 0 aliphatic heterocycles. The third-order valence-corrected chi connectivity index (χ3v) is 4.89. The van der Waals surface area contributed by atoms with Crippen LogP contribution in [0.4, 0.5) is 0 Å². The van der Waals surface area contributed by atoms with Gasteiger partial charge in [0.1, 0.15) is 0 Å². The van der Waals surface area contributed by atoms with Gasteiger partial charge in [-0.25, -0.2) is 0 Å². The van der Waals surface area contributed by atoms with Crippen molar-refractivity contribution >= 4 is 23.8 Å². The van der Waals surface area contributed by atoms with Crippen molar-refractivity contribution in [1.82, 2.24) is 0 Å². The summed E-state index contributed by atoms with van der Waals surface area (Å²) in [7, 11) is 0. The average molecular weight is 390 g/mol. The molecule has 3 N–H and O–H groups in total. The van der Waals surface area contributed by atoms with Crippen molar-refractivity contribution in [1.29, 1.82) is 5.41 Å². The zero-order valence-corrected chi connectivity index (χ0v) is 17.4. The van der Waals surface area contributed by atoms with Gasteiger partial charge in [0.05, 0.1) is 12.7 Å². The lowest BCUT2D eigenvalue weighted by atomic mass is 10.1. The molecule has 0 amide bonds. The third-order valence-electron chi connectivity index (χ3n) is 3.60. The lowest BCUT2D eigenvalue weighted by Crippen LogP contribution is -2.23. The second-order valence-corrected chi connectivity index (χ2v) is 6.73. The number of thioether (sulfide) groups is 1. The first-order chi connectivity index (χ1) is 13.0. The molecule has 148 valence electrons. The molecule has 0 fully saturated rings. The van der Waals surface area contributed by atoms with Crippen LogP contribution in [0.25, 0.3) is 0 Å². The summed E-state index contributed by atoms with van der Waals surface area (Å²) in [6.07, 6.45) is 0.586. The topological polar surface area (TPSA) is 81.4 Å². The van der Waals surface area contributed by atoms with Gasteiger partial charge in [-0.05, 0) is 25.0 Å². The van der Waals surface area contributed by atoms with Gasteiger partial charge in [0.25, 0.3) is 0 Å². The Kier molecular flexibility index (Phi) is 14.0. The summed E-state index contributed by atoms with van der Waals surface area (Å²) in [6, 6.07) is 17.1. The molecule has 27 heavy (non-hydrogen) atoms. The largest absolute Gasteiger partial charge is 0.394 e. The molecule has 0 saturated carbocycles. The molecule has 2 aromatic carbocycles. The molecule has 0 bridgehead atoms. The molecule has 2 atom stereocenters. The summed E-state index contributed by atoms with van der Waals surface area (Å²) in [5.74, 6) is 0.945. The number of ketones is 1. The van der Waals surface area contributed by atoms with Crippen LogP contribution in [-0.4, -0.2) is 40.7 Å². The molecular weight excluding hydrogens is 358 g/mol. The van der Waals surface area contributed by atoms with E-state index in [0.717, 1.165) is 5.75 Å². The quantitative estimate of drug-likeness (QED) is 0.365. The maximum atomic E-state index is 10.9. The van der Waals surface area contributed by atoms with Gasteiger partial charge in [-0.1, -0.05) is 63.2 Å². The summed E-state index contributed by atoms with van der Waals surface area (Å²) < 4.78 is 0. The number of carbonyl (C=O) groups is 1. The van der Waals surface area contributed by atoms with E-state index in [4.69, 9.17) is 10.5 Å². The number of aliphatic hydroxyl groups is 2. The van der Waals surface area contributed by atoms with E-state index in [9.17, 15) is 9.90 Å². The minimum absolute atomic E-state index is 0.00380. The van der Waals surface area contributed by atoms with Crippen molar-refractivity contribution in [3.05, 3.63) is 65.7 Å². The monoisotopic (exact) mass is 389 g/mol. The number of hydrogen-bond acceptors (Lipinski definition) is 5. The summed E-state index contributed by atoms with van der Waals surface area (Å²) in [5.41, 5.74) is 1.29. The fourth-order valence-corrected chi connectivity index (χ4v) is 3.01. The van der Waals surface area contributed by atoms with Gasteiger partial charge in [0.15, 0.2) is 5.78 Å². The van der Waals surface area contributed by atoms with Gasteiger partial charge in [-0.3, -0.25) is 4.79 Å². The van der Waals surface area contributed by atoms with Crippen LogP contribution < -0.4 is 0 Å². The first kappa shape index (κ1) is 25.1. The van der Waals surface area contributed by atoms with E-state index >= 15 is 0 Å². The zero-order chi connectivity index (χ0) is 20.7. The highest BCUT2D eigenvalue weighted by Gasteiger charge is 2.12. The molecule has 0 aliphatic rings. The predicted octanol–water partition coefficient (Wildman–Crippen LogP) is 4.68. The molecule has 0 aliphatic carbocycles. The number of Topliss-reactive ketones (excluding diaryl/α,β-unsaturated/α-hetero) is 1. The minimum Gasteiger partial charge on any atom is -0.394 e. The van der Waals surface area contributed by atoms with E-state index in [1.165, 1.54) is 18.0 Å². The second kappa shape index (κ2) is 15.1. The maximum Gasteiger partial charge on any atom is 0.160 e. The highest BCUT2D eigenvalue weighted by molar-refractivity contribution is 7.99. The normalized spacial score (nSPS) is 11.8. The molecule has 0 spiro atoms. The lowest BCUT2D eigenvalue weighted by Gasteiger charge is -2.15. The van der Waals surface area contributed by atoms with Gasteiger partial charge in [0, 0.05) is 28.0 Å². The smallest absolute Gasteiger partial charge is 0.160 e. The Morgan fingerprint density at radius 2 is 1.67 bits per heavy atom. The standard InChI is InChI=1S/C11H16O2S.C9H9NO.C2H6/c1-9(11(13)7-12)8-14-10-5-3-2-4-6-10;1-7(11)9-5-3-2-4-8(9)6-10;1-2/h2-6,9,11-13H,7-8H2,1H3;2-6,10H,1H3;1-2H3. The van der Waals surface area contributed by atoms with Crippen molar-refractivity contribution in [2.75, 3.05) is 12.4 Å². The highest BCUT2D eigenvalue weighted by Crippen LogP contribution is 2.21. The van der Waals surface area contributed by atoms with Crippen LogP contribution in [-0.2, 0) is 0 Å². The number of benzene rings is 2. The van der Waals surface area contributed by atoms with Crippen molar-refractivity contribution in [2.45, 2.75) is 38.7 Å². The average Bonchev–Trinajstić information content (AvgIpc) is 2.73. The van der Waals surface area contributed by atoms with Gasteiger partial charge in [0.2, 0.25) is 0 Å². The van der Waals surface area contributed by atoms with E-state index in [1.54, 1.807) is 30.0 Å². The molecular formula is C22H31NO3S. The third kappa shape index (κ3) is 10.1. The Morgan fingerprint density at radius 1 is 1.11 bits per heavy atom. The van der Waals surface area contributed by atoms with E-state index in [2.05, 4.69) is 0 Å². The molecule has 0 aromatic heterocycles. The van der Waals surface area contributed by atoms with E-state index in [0.29, 0.717) is 11.1 Å². The first-order valence-electron chi connectivity index (χ1n) is 9.06. The van der Waals surface area contributed by atoms with Crippen LogP contribution in [0, 0.1) is 11.3 Å². The van der Waals surface area contributed by atoms with Gasteiger partial charge in [-0.2, -0.15) is 0 Å². The van der Waals surface area contributed by atoms with Crippen molar-refractivity contribution < 1.29 is 15.0 Å². The number of rotatable bonds is 7. The molecule has 2 unspecified atom stereocenters. The molecule has 2 rings (SSSR count). The Hall–Kier alpha value is -1.95. The Bertz CT molecular complexity index is 662. The van der Waals surface area contributed by atoms with E-state index in [-0.39, 0.29) is 18.3 Å². The Labute approximate surface area is 167 Å². The fraction of sp³-hybridized carbons (Fsp3) is 0.364. The van der Waals surface area contributed by atoms with Crippen molar-refractivity contribution in [3.8, 4) is 0 Å². The summed E-state index contributed by atoms with van der Waals surface area (Å²) >= 11 is 1.70. The SMILES string of the molecule is CC.CC(=O)c1ccccc1C=N.CC(CSc1ccccc1)C(O)CO. The molecule has 0 heterocycles. The van der Waals surface area contributed by atoms with Gasteiger partial charge < -0.3 is 15.6 Å². The van der Waals surface area contributed by atoms with Crippen LogP contribution in [0.5, 0.6) is 0 Å². The fourth-order valence-electron chi connectivity index (χ4n) is 1.98. The zero-order valence-electron chi connectivity index (χ0n) is 16.6. The molecule has 2 aromatic rings. The van der Waals surface area contributed by atoms with Gasteiger partial charge >= 0.3 is 0 Å². The molecule has 0 saturated heterocycles. The summed E-state index contributed by atoms with van der Waals surface area (Å²) in [6.45, 7) is 7.29. The maximum absolute atomic E-state index is 10.9. The van der Waals surface area contributed by atoms with Crippen molar-refractivity contribution in [2.24, 2.45) is 5.92 Å². The Morgan fingerprint density at radius 3 is 2.15 bits per heavy atom. The van der Waals surface area contributed by atoms with Crippen LogP contribution in [0.3, 0.4) is 0 Å². The predicted molar refractivity (Wildman–Crippen MR) is 115 cm³/mol. The highest BCUT2D eigenvalue weighted by atomic mass is 32.2. The van der Waals surface area contributed by atoms with Gasteiger partial charge in [-0.15, -0.1) is 11.8 Å². The van der Waals surface area contributed by atoms with E-state index in [1.807, 2.05) is 57.2 Å². The number of carbonyl (C=O) groups excluding carboxylic acids is 1. The van der Waals surface area contributed by atoms with Crippen LogP contribution in [0.15, 0.2) is 59.5 Å². The number of hydrogen-bond donors (Lipinski definition) is 3. The Balaban J connectivity index is 0.000000469.